The molecule has 1 aliphatic carbocycles. The molecule has 2 atom stereocenters. The van der Waals surface area contributed by atoms with Crippen molar-refractivity contribution >= 4 is 34.3 Å². The predicted molar refractivity (Wildman–Crippen MR) is 89.8 cm³/mol. The Balaban J connectivity index is 2.35. The summed E-state index contributed by atoms with van der Waals surface area (Å²) < 4.78 is 16.3. The summed E-state index contributed by atoms with van der Waals surface area (Å²) in [6.45, 7) is 0. The van der Waals surface area contributed by atoms with E-state index in [0.717, 1.165) is 7.11 Å². The molecule has 0 unspecified atom stereocenters. The second-order valence-corrected chi connectivity index (χ2v) is 6.65. The van der Waals surface area contributed by atoms with E-state index in [0.29, 0.717) is 3.57 Å². The molecule has 24 heavy (non-hydrogen) atoms. The number of esters is 1. The zero-order chi connectivity index (χ0) is 17.6. The first-order chi connectivity index (χ1) is 11.4. The standard InChI is InChI=1S/C16H15IO7/c1-22-9-5-6-10(18)16(15(21)23-2)12(9)14(20)11-8(24-16)4-3-7(17)13(11)19/h3-4,10,18-19H,5-6H2,1-2H3/t10-,16+/m1/s1. The number of aromatic hydroxyl groups is 1. The van der Waals surface area contributed by atoms with Gasteiger partial charge in [-0.05, 0) is 41.1 Å². The number of allylic oxidation sites excluding steroid dienone is 1. The average Bonchev–Trinajstić information content (AvgIpc) is 2.58. The van der Waals surface area contributed by atoms with E-state index >= 15 is 0 Å². The van der Waals surface area contributed by atoms with Gasteiger partial charge in [0.2, 0.25) is 5.78 Å². The molecule has 1 heterocycles. The number of aliphatic hydroxyl groups is 1. The van der Waals surface area contributed by atoms with E-state index in [1.165, 1.54) is 13.2 Å². The largest absolute Gasteiger partial charge is 0.506 e. The van der Waals surface area contributed by atoms with Gasteiger partial charge in [-0.25, -0.2) is 4.79 Å². The summed E-state index contributed by atoms with van der Waals surface area (Å²) in [4.78, 5) is 25.6. The van der Waals surface area contributed by atoms with E-state index in [1.54, 1.807) is 6.07 Å². The van der Waals surface area contributed by atoms with Gasteiger partial charge in [0.1, 0.15) is 28.9 Å². The molecule has 0 radical (unpaired) electrons. The number of benzene rings is 1. The van der Waals surface area contributed by atoms with E-state index in [4.69, 9.17) is 14.2 Å². The van der Waals surface area contributed by atoms with Gasteiger partial charge in [-0.3, -0.25) is 4.79 Å². The van der Waals surface area contributed by atoms with Gasteiger partial charge >= 0.3 is 5.97 Å². The smallest absolute Gasteiger partial charge is 0.358 e. The number of halogens is 1. The molecular weight excluding hydrogens is 431 g/mol. The van der Waals surface area contributed by atoms with Crippen molar-refractivity contribution in [3.8, 4) is 11.5 Å². The van der Waals surface area contributed by atoms with Crippen LogP contribution in [0.2, 0.25) is 0 Å². The Kier molecular flexibility index (Phi) is 4.20. The van der Waals surface area contributed by atoms with Gasteiger partial charge in [-0.2, -0.15) is 0 Å². The first-order valence-corrected chi connectivity index (χ1v) is 8.25. The van der Waals surface area contributed by atoms with Gasteiger partial charge in [0, 0.05) is 6.42 Å². The van der Waals surface area contributed by atoms with Crippen LogP contribution in [0.25, 0.3) is 0 Å². The minimum Gasteiger partial charge on any atom is -0.506 e. The van der Waals surface area contributed by atoms with Crippen molar-refractivity contribution in [1.82, 2.24) is 0 Å². The predicted octanol–water partition coefficient (Wildman–Crippen LogP) is 1.54. The summed E-state index contributed by atoms with van der Waals surface area (Å²) in [5.41, 5.74) is -2.18. The fraction of sp³-hybridized carbons (Fsp3) is 0.375. The third kappa shape index (κ3) is 2.12. The highest BCUT2D eigenvalue weighted by Gasteiger charge is 2.61. The van der Waals surface area contributed by atoms with E-state index in [2.05, 4.69) is 0 Å². The molecule has 0 saturated heterocycles. The van der Waals surface area contributed by atoms with Gasteiger partial charge < -0.3 is 24.4 Å². The molecule has 3 rings (SSSR count). The first kappa shape index (κ1) is 17.0. The average molecular weight is 446 g/mol. The van der Waals surface area contributed by atoms with E-state index in [1.807, 2.05) is 22.6 Å². The fourth-order valence-electron chi connectivity index (χ4n) is 3.17. The Morgan fingerprint density at radius 2 is 2.12 bits per heavy atom. The Morgan fingerprint density at radius 1 is 1.42 bits per heavy atom. The van der Waals surface area contributed by atoms with Crippen LogP contribution < -0.4 is 4.74 Å². The molecule has 2 aliphatic rings. The summed E-state index contributed by atoms with van der Waals surface area (Å²) in [5.74, 6) is -1.49. The van der Waals surface area contributed by atoms with Crippen LogP contribution in [0, 0.1) is 3.57 Å². The van der Waals surface area contributed by atoms with Gasteiger partial charge in [0.25, 0.3) is 5.60 Å². The number of aliphatic hydroxyl groups excluding tert-OH is 1. The molecule has 0 saturated carbocycles. The summed E-state index contributed by atoms with van der Waals surface area (Å²) in [6.07, 6.45) is -0.848. The van der Waals surface area contributed by atoms with Crippen LogP contribution in [-0.4, -0.2) is 47.9 Å². The van der Waals surface area contributed by atoms with Crippen molar-refractivity contribution in [3.05, 3.63) is 32.6 Å². The number of Topliss-reactive ketones (excluding diaryl/α,β-unsaturated/α-hetero) is 1. The van der Waals surface area contributed by atoms with Crippen LogP contribution in [0.15, 0.2) is 23.5 Å². The molecule has 1 aromatic carbocycles. The molecule has 128 valence electrons. The van der Waals surface area contributed by atoms with E-state index in [-0.39, 0.29) is 41.2 Å². The lowest BCUT2D eigenvalue weighted by atomic mass is 9.74. The molecular formula is C16H15IO7. The van der Waals surface area contributed by atoms with Crippen LogP contribution in [0.5, 0.6) is 11.5 Å². The summed E-state index contributed by atoms with van der Waals surface area (Å²) in [7, 11) is 2.52. The van der Waals surface area contributed by atoms with Gasteiger partial charge in [0.05, 0.1) is 23.4 Å². The number of phenolic OH excluding ortho intramolecular Hbond substituents is 1. The molecule has 0 amide bonds. The number of rotatable bonds is 2. The molecule has 0 aromatic heterocycles. The quantitative estimate of drug-likeness (QED) is 0.525. The van der Waals surface area contributed by atoms with Crippen molar-refractivity contribution in [2.24, 2.45) is 0 Å². The highest BCUT2D eigenvalue weighted by Crippen LogP contribution is 2.48. The van der Waals surface area contributed by atoms with Crippen molar-refractivity contribution < 1.29 is 34.0 Å². The zero-order valence-corrected chi connectivity index (χ0v) is 15.1. The van der Waals surface area contributed by atoms with Crippen LogP contribution in [-0.2, 0) is 14.3 Å². The number of hydrogen-bond donors (Lipinski definition) is 2. The van der Waals surface area contributed by atoms with Crippen LogP contribution in [0.4, 0.5) is 0 Å². The minimum absolute atomic E-state index is 0.0171. The Labute approximate surface area is 151 Å². The number of ether oxygens (including phenoxy) is 3. The molecule has 0 bridgehead atoms. The molecule has 8 heteroatoms. The van der Waals surface area contributed by atoms with Crippen molar-refractivity contribution in [3.63, 3.8) is 0 Å². The van der Waals surface area contributed by atoms with Gasteiger partial charge in [0.15, 0.2) is 0 Å². The van der Waals surface area contributed by atoms with Crippen molar-refractivity contribution in [1.29, 1.82) is 0 Å². The number of carbonyl (C=O) groups excluding carboxylic acids is 2. The zero-order valence-electron chi connectivity index (χ0n) is 13.0. The second-order valence-electron chi connectivity index (χ2n) is 5.48. The lowest BCUT2D eigenvalue weighted by Crippen LogP contribution is -2.61. The van der Waals surface area contributed by atoms with Gasteiger partial charge in [-0.1, -0.05) is 0 Å². The van der Waals surface area contributed by atoms with E-state index < -0.39 is 23.5 Å². The summed E-state index contributed by atoms with van der Waals surface area (Å²) >= 11 is 1.88. The van der Waals surface area contributed by atoms with Gasteiger partial charge in [-0.15, -0.1) is 0 Å². The fourth-order valence-corrected chi connectivity index (χ4v) is 3.62. The third-order valence-corrected chi connectivity index (χ3v) is 5.19. The Hall–Kier alpha value is -1.81. The molecule has 0 spiro atoms. The highest BCUT2D eigenvalue weighted by molar-refractivity contribution is 14.1. The maximum absolute atomic E-state index is 13.1. The van der Waals surface area contributed by atoms with E-state index in [9.17, 15) is 19.8 Å². The minimum atomic E-state index is -2.00. The lowest BCUT2D eigenvalue weighted by Gasteiger charge is -2.43. The maximum Gasteiger partial charge on any atom is 0.358 e. The second kappa shape index (κ2) is 5.92. The normalized spacial score (nSPS) is 25.5. The monoisotopic (exact) mass is 446 g/mol. The molecule has 0 fully saturated rings. The summed E-state index contributed by atoms with van der Waals surface area (Å²) in [6, 6.07) is 3.03. The van der Waals surface area contributed by atoms with Crippen LogP contribution >= 0.6 is 22.6 Å². The van der Waals surface area contributed by atoms with Crippen LogP contribution in [0.1, 0.15) is 23.2 Å². The van der Waals surface area contributed by atoms with Crippen molar-refractivity contribution in [2.75, 3.05) is 14.2 Å². The number of hydrogen-bond acceptors (Lipinski definition) is 7. The number of fused-ring (bicyclic) bond motifs is 2. The number of phenols is 1. The third-order valence-electron chi connectivity index (χ3n) is 4.31. The van der Waals surface area contributed by atoms with Crippen LogP contribution in [0.3, 0.4) is 0 Å². The van der Waals surface area contributed by atoms with Crippen molar-refractivity contribution in [2.45, 2.75) is 24.5 Å². The molecule has 1 aromatic rings. The summed E-state index contributed by atoms with van der Waals surface area (Å²) in [5, 5.41) is 20.8. The Morgan fingerprint density at radius 3 is 2.75 bits per heavy atom. The maximum atomic E-state index is 13.1. The Bertz CT molecular complexity index is 770. The number of ketones is 1. The SMILES string of the molecule is COC(=O)[C@@]12Oc3ccc(I)c(O)c3C(=O)C1=C(OC)CC[C@H]2O. The number of methoxy groups -OCH3 is 2. The molecule has 7 nitrogen and oxygen atoms in total. The molecule has 2 N–H and O–H groups in total. The number of carbonyl (C=O) groups is 2. The lowest BCUT2D eigenvalue weighted by molar-refractivity contribution is -0.167. The first-order valence-electron chi connectivity index (χ1n) is 7.17. The highest BCUT2D eigenvalue weighted by atomic mass is 127. The topological polar surface area (TPSA) is 102 Å². The molecule has 1 aliphatic heterocycles.